The van der Waals surface area contributed by atoms with Crippen molar-refractivity contribution in [3.05, 3.63) is 17.2 Å². The van der Waals surface area contributed by atoms with Crippen LogP contribution in [-0.2, 0) is 10.0 Å². The lowest BCUT2D eigenvalue weighted by Crippen LogP contribution is -2.39. The summed E-state index contributed by atoms with van der Waals surface area (Å²) in [7, 11) is -3.56. The second-order valence-corrected chi connectivity index (χ2v) is 6.60. The number of nitrogen functional groups attached to an aromatic ring is 1. The van der Waals surface area contributed by atoms with E-state index in [4.69, 9.17) is 17.3 Å². The number of nitrogens with one attached hydrogen (secondary N) is 1. The van der Waals surface area contributed by atoms with Gasteiger partial charge in [0.2, 0.25) is 10.0 Å². The van der Waals surface area contributed by atoms with Gasteiger partial charge in [0.25, 0.3) is 0 Å². The van der Waals surface area contributed by atoms with Crippen LogP contribution in [0.2, 0.25) is 5.02 Å². The van der Waals surface area contributed by atoms with Crippen molar-refractivity contribution in [1.82, 2.24) is 4.31 Å². The van der Waals surface area contributed by atoms with E-state index < -0.39 is 10.0 Å². The van der Waals surface area contributed by atoms with Crippen LogP contribution in [-0.4, -0.2) is 31.9 Å². The van der Waals surface area contributed by atoms with Gasteiger partial charge in [0.1, 0.15) is 4.90 Å². The molecule has 100 valence electrons. The van der Waals surface area contributed by atoms with Crippen LogP contribution in [0, 0.1) is 0 Å². The molecule has 2 rings (SSSR count). The number of nitrogens with two attached hydrogens (primary N) is 1. The normalized spacial score (nSPS) is 22.9. The number of benzene rings is 1. The molecule has 1 unspecified atom stereocenters. The molecule has 0 aromatic heterocycles. The number of anilines is 2. The van der Waals surface area contributed by atoms with Crippen LogP contribution in [0.25, 0.3) is 0 Å². The smallest absolute Gasteiger partial charge is 0.245 e. The number of sulfonamides is 1. The molecule has 0 saturated heterocycles. The average molecular weight is 290 g/mol. The van der Waals surface area contributed by atoms with Gasteiger partial charge in [0.05, 0.1) is 11.4 Å². The van der Waals surface area contributed by atoms with E-state index in [1.807, 2.05) is 13.8 Å². The van der Waals surface area contributed by atoms with Gasteiger partial charge in [0, 0.05) is 24.2 Å². The summed E-state index contributed by atoms with van der Waals surface area (Å²) in [6, 6.07) is 2.86. The van der Waals surface area contributed by atoms with Crippen molar-refractivity contribution in [1.29, 1.82) is 0 Å². The van der Waals surface area contributed by atoms with Gasteiger partial charge < -0.3 is 11.1 Å². The number of hydrogen-bond donors (Lipinski definition) is 2. The number of likely N-dealkylation sites (N-methyl/N-ethyl adjacent to an activating group) is 1. The molecule has 0 aliphatic carbocycles. The van der Waals surface area contributed by atoms with Crippen LogP contribution in [0.5, 0.6) is 0 Å². The first-order valence-electron chi connectivity index (χ1n) is 5.72. The van der Waals surface area contributed by atoms with Gasteiger partial charge in [-0.15, -0.1) is 0 Å². The first-order chi connectivity index (χ1) is 8.37. The molecule has 0 saturated carbocycles. The maximum atomic E-state index is 12.5. The fraction of sp³-hybridized carbons (Fsp3) is 0.455. The predicted molar refractivity (Wildman–Crippen MR) is 73.4 cm³/mol. The Morgan fingerprint density at radius 2 is 2.22 bits per heavy atom. The third-order valence-electron chi connectivity index (χ3n) is 3.06. The highest BCUT2D eigenvalue weighted by Crippen LogP contribution is 2.35. The fourth-order valence-electron chi connectivity index (χ4n) is 2.19. The third-order valence-corrected chi connectivity index (χ3v) is 5.39. The van der Waals surface area contributed by atoms with E-state index in [1.165, 1.54) is 10.4 Å². The Kier molecular flexibility index (Phi) is 3.44. The van der Waals surface area contributed by atoms with Gasteiger partial charge in [0.15, 0.2) is 0 Å². The summed E-state index contributed by atoms with van der Waals surface area (Å²) >= 11 is 5.90. The molecule has 0 amide bonds. The quantitative estimate of drug-likeness (QED) is 0.772. The van der Waals surface area contributed by atoms with Crippen LogP contribution >= 0.6 is 11.6 Å². The molecule has 1 aliphatic heterocycles. The summed E-state index contributed by atoms with van der Waals surface area (Å²) in [5.74, 6) is 0. The Hall–Kier alpha value is -0.980. The maximum Gasteiger partial charge on any atom is 0.245 e. The molecule has 0 radical (unpaired) electrons. The standard InChI is InChI=1S/C11H16ClN3O2S/c1-3-15-7(2)6-14-11-9(13)4-8(12)5-10(11)18(15,16)17/h4-5,7,14H,3,6,13H2,1-2H3. The van der Waals surface area contributed by atoms with Gasteiger partial charge in [-0.25, -0.2) is 8.42 Å². The topological polar surface area (TPSA) is 75.4 Å². The van der Waals surface area contributed by atoms with Crippen molar-refractivity contribution in [3.63, 3.8) is 0 Å². The molecule has 1 aromatic carbocycles. The maximum absolute atomic E-state index is 12.5. The Bertz CT molecular complexity index is 574. The van der Waals surface area contributed by atoms with E-state index >= 15 is 0 Å². The van der Waals surface area contributed by atoms with E-state index in [-0.39, 0.29) is 10.9 Å². The number of halogens is 1. The molecule has 0 spiro atoms. The second kappa shape index (κ2) is 4.60. The summed E-state index contributed by atoms with van der Waals surface area (Å²) < 4.78 is 26.5. The van der Waals surface area contributed by atoms with E-state index in [0.29, 0.717) is 29.5 Å². The van der Waals surface area contributed by atoms with Crippen LogP contribution in [0.15, 0.2) is 17.0 Å². The molecular formula is C11H16ClN3O2S. The number of fused-ring (bicyclic) bond motifs is 1. The molecule has 1 atom stereocenters. The van der Waals surface area contributed by atoms with Crippen LogP contribution < -0.4 is 11.1 Å². The Balaban J connectivity index is 2.71. The minimum absolute atomic E-state index is 0.134. The highest BCUT2D eigenvalue weighted by Gasteiger charge is 2.33. The summed E-state index contributed by atoms with van der Waals surface area (Å²) in [4.78, 5) is 0.152. The minimum atomic E-state index is -3.56. The molecule has 0 bridgehead atoms. The molecule has 1 aromatic rings. The van der Waals surface area contributed by atoms with Crippen molar-refractivity contribution in [2.45, 2.75) is 24.8 Å². The number of rotatable bonds is 1. The first-order valence-corrected chi connectivity index (χ1v) is 7.54. The first kappa shape index (κ1) is 13.5. The summed E-state index contributed by atoms with van der Waals surface area (Å²) in [6.07, 6.45) is 0. The molecule has 18 heavy (non-hydrogen) atoms. The number of nitrogens with zero attached hydrogens (tertiary/aromatic N) is 1. The SMILES string of the molecule is CCN1C(C)CNc2c(N)cc(Cl)cc2S1(=O)=O. The molecule has 0 fully saturated rings. The minimum Gasteiger partial charge on any atom is -0.397 e. The van der Waals surface area contributed by atoms with Crippen molar-refractivity contribution in [2.75, 3.05) is 24.1 Å². The highest BCUT2D eigenvalue weighted by atomic mass is 35.5. The lowest BCUT2D eigenvalue weighted by Gasteiger charge is -2.24. The zero-order chi connectivity index (χ0) is 13.5. The van der Waals surface area contributed by atoms with E-state index in [1.54, 1.807) is 6.07 Å². The van der Waals surface area contributed by atoms with Gasteiger partial charge >= 0.3 is 0 Å². The molecular weight excluding hydrogens is 274 g/mol. The van der Waals surface area contributed by atoms with Gasteiger partial charge in [-0.3, -0.25) is 0 Å². The Morgan fingerprint density at radius 1 is 1.56 bits per heavy atom. The molecule has 1 aliphatic rings. The van der Waals surface area contributed by atoms with Gasteiger partial charge in [-0.2, -0.15) is 4.31 Å². The van der Waals surface area contributed by atoms with Crippen LogP contribution in [0.3, 0.4) is 0 Å². The van der Waals surface area contributed by atoms with Crippen molar-refractivity contribution >= 4 is 33.0 Å². The highest BCUT2D eigenvalue weighted by molar-refractivity contribution is 7.89. The lowest BCUT2D eigenvalue weighted by molar-refractivity contribution is 0.364. The largest absolute Gasteiger partial charge is 0.397 e. The van der Waals surface area contributed by atoms with Gasteiger partial charge in [-0.05, 0) is 19.1 Å². The molecule has 1 heterocycles. The van der Waals surface area contributed by atoms with Crippen LogP contribution in [0.1, 0.15) is 13.8 Å². The van der Waals surface area contributed by atoms with Crippen LogP contribution in [0.4, 0.5) is 11.4 Å². The van der Waals surface area contributed by atoms with Crippen molar-refractivity contribution < 1.29 is 8.42 Å². The zero-order valence-corrected chi connectivity index (χ0v) is 11.8. The predicted octanol–water partition coefficient (Wildman–Crippen LogP) is 1.75. The second-order valence-electron chi connectivity index (χ2n) is 4.31. The van der Waals surface area contributed by atoms with Crippen molar-refractivity contribution in [2.24, 2.45) is 0 Å². The van der Waals surface area contributed by atoms with Crippen molar-refractivity contribution in [3.8, 4) is 0 Å². The monoisotopic (exact) mass is 289 g/mol. The molecule has 5 nitrogen and oxygen atoms in total. The fourth-order valence-corrected chi connectivity index (χ4v) is 4.35. The Labute approximate surface area is 112 Å². The van der Waals surface area contributed by atoms with E-state index in [2.05, 4.69) is 5.32 Å². The summed E-state index contributed by atoms with van der Waals surface area (Å²) in [6.45, 7) is 4.60. The molecule has 7 heteroatoms. The van der Waals surface area contributed by atoms with E-state index in [0.717, 1.165) is 0 Å². The average Bonchev–Trinajstić information content (AvgIpc) is 2.35. The lowest BCUT2D eigenvalue weighted by atomic mass is 10.2. The molecule has 3 N–H and O–H groups in total. The number of hydrogen-bond acceptors (Lipinski definition) is 4. The summed E-state index contributed by atoms with van der Waals surface area (Å²) in [5.41, 5.74) is 6.63. The Morgan fingerprint density at radius 3 is 2.83 bits per heavy atom. The zero-order valence-electron chi connectivity index (χ0n) is 10.3. The third kappa shape index (κ3) is 2.04. The van der Waals surface area contributed by atoms with E-state index in [9.17, 15) is 8.42 Å². The summed E-state index contributed by atoms with van der Waals surface area (Å²) in [5, 5.41) is 3.41. The van der Waals surface area contributed by atoms with Gasteiger partial charge in [-0.1, -0.05) is 18.5 Å².